The molecule has 5 rings (SSSR count). The lowest BCUT2D eigenvalue weighted by atomic mass is 10.1. The molecule has 2 aromatic carbocycles. The van der Waals surface area contributed by atoms with Crippen LogP contribution in [0.2, 0.25) is 5.02 Å². The van der Waals surface area contributed by atoms with Gasteiger partial charge in [-0.15, -0.1) is 0 Å². The molecule has 0 radical (unpaired) electrons. The third kappa shape index (κ3) is 4.47. The number of fused-ring (bicyclic) bond motifs is 3. The minimum absolute atomic E-state index is 0.00608. The number of hydrogen-bond donors (Lipinski definition) is 1. The van der Waals surface area contributed by atoms with Crippen molar-refractivity contribution in [3.05, 3.63) is 59.2 Å². The van der Waals surface area contributed by atoms with E-state index in [-0.39, 0.29) is 5.91 Å². The Morgan fingerprint density at radius 2 is 1.90 bits per heavy atom. The number of thiazole rings is 1. The van der Waals surface area contributed by atoms with Crippen LogP contribution in [-0.2, 0) is 0 Å². The third-order valence-corrected chi connectivity index (χ3v) is 7.15. The largest absolute Gasteiger partial charge is 0.352 e. The second-order valence-corrected chi connectivity index (χ2v) is 9.53. The van der Waals surface area contributed by atoms with Gasteiger partial charge in [0.2, 0.25) is 0 Å². The van der Waals surface area contributed by atoms with Gasteiger partial charge < -0.3 is 10.2 Å². The molecule has 0 spiro atoms. The highest BCUT2D eigenvalue weighted by molar-refractivity contribution is 7.23. The molecule has 5 nitrogen and oxygen atoms in total. The number of nitrogens with zero attached hydrogens (tertiary/aromatic N) is 3. The van der Waals surface area contributed by atoms with Crippen LogP contribution in [0.1, 0.15) is 36.0 Å². The molecule has 1 aliphatic heterocycles. The van der Waals surface area contributed by atoms with Crippen LogP contribution in [0.5, 0.6) is 0 Å². The maximum Gasteiger partial charge on any atom is 0.251 e. The SMILES string of the molecule is O=C(NCCCN1CCCCC1)c1ccc2c(c1)sc1nc(-c3ccc(Cl)cc3)cn12. The number of aromatic nitrogens is 2. The predicted molar refractivity (Wildman–Crippen MR) is 128 cm³/mol. The first-order chi connectivity index (χ1) is 15.2. The van der Waals surface area contributed by atoms with Crippen LogP contribution in [0.3, 0.4) is 0 Å². The van der Waals surface area contributed by atoms with Gasteiger partial charge in [-0.3, -0.25) is 9.20 Å². The molecule has 7 heteroatoms. The Bertz CT molecular complexity index is 1210. The van der Waals surface area contributed by atoms with Gasteiger partial charge in [-0.05, 0) is 69.2 Å². The van der Waals surface area contributed by atoms with E-state index in [4.69, 9.17) is 16.6 Å². The average molecular weight is 453 g/mol. The Hall–Kier alpha value is -2.41. The lowest BCUT2D eigenvalue weighted by Gasteiger charge is -2.26. The Morgan fingerprint density at radius 1 is 1.10 bits per heavy atom. The number of likely N-dealkylation sites (tertiary alicyclic amines) is 1. The molecule has 0 aliphatic carbocycles. The van der Waals surface area contributed by atoms with E-state index in [0.29, 0.717) is 17.1 Å². The van der Waals surface area contributed by atoms with E-state index in [2.05, 4.69) is 14.6 Å². The molecule has 1 N–H and O–H groups in total. The van der Waals surface area contributed by atoms with Crippen molar-refractivity contribution >= 4 is 44.0 Å². The number of halogens is 1. The van der Waals surface area contributed by atoms with Crippen LogP contribution in [0.4, 0.5) is 0 Å². The smallest absolute Gasteiger partial charge is 0.251 e. The van der Waals surface area contributed by atoms with Crippen molar-refractivity contribution in [3.8, 4) is 11.3 Å². The van der Waals surface area contributed by atoms with Crippen molar-refractivity contribution in [1.82, 2.24) is 19.6 Å². The summed E-state index contributed by atoms with van der Waals surface area (Å²) in [6.07, 6.45) is 6.99. The molecule has 0 saturated carbocycles. The van der Waals surface area contributed by atoms with Gasteiger partial charge in [0, 0.05) is 28.9 Å². The van der Waals surface area contributed by atoms with Gasteiger partial charge in [0.25, 0.3) is 5.91 Å². The number of piperidine rings is 1. The minimum Gasteiger partial charge on any atom is -0.352 e. The molecular formula is C24H25ClN4OS. The molecule has 4 aromatic rings. The number of rotatable bonds is 6. The minimum atomic E-state index is -0.00608. The molecule has 3 heterocycles. The summed E-state index contributed by atoms with van der Waals surface area (Å²) < 4.78 is 3.15. The van der Waals surface area contributed by atoms with Crippen molar-refractivity contribution in [3.63, 3.8) is 0 Å². The lowest BCUT2D eigenvalue weighted by Crippen LogP contribution is -2.33. The second kappa shape index (κ2) is 8.99. The lowest BCUT2D eigenvalue weighted by molar-refractivity contribution is 0.0951. The topological polar surface area (TPSA) is 49.6 Å². The Balaban J connectivity index is 1.26. The van der Waals surface area contributed by atoms with Crippen LogP contribution < -0.4 is 5.32 Å². The van der Waals surface area contributed by atoms with Gasteiger partial charge in [-0.2, -0.15) is 0 Å². The fourth-order valence-corrected chi connectivity index (χ4v) is 5.36. The molecule has 1 fully saturated rings. The highest BCUT2D eigenvalue weighted by Gasteiger charge is 2.14. The predicted octanol–water partition coefficient (Wildman–Crippen LogP) is 5.48. The fraction of sp³-hybridized carbons (Fsp3) is 0.333. The molecule has 31 heavy (non-hydrogen) atoms. The number of amides is 1. The first-order valence-corrected chi connectivity index (χ1v) is 12.0. The van der Waals surface area contributed by atoms with Gasteiger partial charge in [0.05, 0.1) is 15.9 Å². The first-order valence-electron chi connectivity index (χ1n) is 10.9. The summed E-state index contributed by atoms with van der Waals surface area (Å²) in [5, 5.41) is 3.79. The van der Waals surface area contributed by atoms with Gasteiger partial charge in [0.15, 0.2) is 4.96 Å². The van der Waals surface area contributed by atoms with Crippen LogP contribution in [0, 0.1) is 0 Å². The molecule has 2 aromatic heterocycles. The van der Waals surface area contributed by atoms with Crippen molar-refractivity contribution in [2.24, 2.45) is 0 Å². The van der Waals surface area contributed by atoms with Gasteiger partial charge in [0.1, 0.15) is 0 Å². The number of benzene rings is 2. The van der Waals surface area contributed by atoms with Crippen molar-refractivity contribution < 1.29 is 4.79 Å². The average Bonchev–Trinajstić information content (AvgIpc) is 3.35. The maximum absolute atomic E-state index is 12.6. The summed E-state index contributed by atoms with van der Waals surface area (Å²) in [5.74, 6) is -0.00608. The molecular weight excluding hydrogens is 428 g/mol. The summed E-state index contributed by atoms with van der Waals surface area (Å²) in [7, 11) is 0. The third-order valence-electron chi connectivity index (χ3n) is 5.88. The maximum atomic E-state index is 12.6. The van der Waals surface area contributed by atoms with E-state index in [9.17, 15) is 4.79 Å². The van der Waals surface area contributed by atoms with Crippen molar-refractivity contribution in [1.29, 1.82) is 0 Å². The normalized spacial score (nSPS) is 15.0. The van der Waals surface area contributed by atoms with E-state index in [1.54, 1.807) is 11.3 Å². The van der Waals surface area contributed by atoms with Crippen LogP contribution in [0.25, 0.3) is 26.4 Å². The van der Waals surface area contributed by atoms with E-state index in [1.165, 1.54) is 32.4 Å². The second-order valence-electron chi connectivity index (χ2n) is 8.08. The number of hydrogen-bond acceptors (Lipinski definition) is 4. The molecule has 0 bridgehead atoms. The molecule has 160 valence electrons. The van der Waals surface area contributed by atoms with Crippen molar-refractivity contribution in [2.45, 2.75) is 25.7 Å². The molecule has 1 aliphatic rings. The molecule has 0 unspecified atom stereocenters. The standard InChI is InChI=1S/C24H25ClN4OS/c25-19-8-5-17(6-9-19)20-16-29-21-10-7-18(15-22(21)31-24(29)27-20)23(30)26-11-4-14-28-12-2-1-3-13-28/h5-10,15-16H,1-4,11-14H2,(H,26,30). The highest BCUT2D eigenvalue weighted by Crippen LogP contribution is 2.30. The van der Waals surface area contributed by atoms with Crippen LogP contribution >= 0.6 is 22.9 Å². The number of carbonyl (C=O) groups excluding carboxylic acids is 1. The zero-order valence-corrected chi connectivity index (χ0v) is 18.9. The summed E-state index contributed by atoms with van der Waals surface area (Å²) in [6.45, 7) is 4.18. The summed E-state index contributed by atoms with van der Waals surface area (Å²) in [6, 6.07) is 13.6. The van der Waals surface area contributed by atoms with E-state index in [0.717, 1.165) is 39.4 Å². The number of imidazole rings is 1. The zero-order chi connectivity index (χ0) is 21.2. The molecule has 0 atom stereocenters. The highest BCUT2D eigenvalue weighted by atomic mass is 35.5. The van der Waals surface area contributed by atoms with Crippen LogP contribution in [-0.4, -0.2) is 46.4 Å². The fourth-order valence-electron chi connectivity index (χ4n) is 4.19. The van der Waals surface area contributed by atoms with Crippen LogP contribution in [0.15, 0.2) is 48.7 Å². The Morgan fingerprint density at radius 3 is 2.71 bits per heavy atom. The molecule has 1 amide bonds. The first kappa shape index (κ1) is 20.5. The van der Waals surface area contributed by atoms with Crippen molar-refractivity contribution in [2.75, 3.05) is 26.2 Å². The van der Waals surface area contributed by atoms with Gasteiger partial charge >= 0.3 is 0 Å². The van der Waals surface area contributed by atoms with E-state index in [1.807, 2.05) is 48.7 Å². The monoisotopic (exact) mass is 452 g/mol. The summed E-state index contributed by atoms with van der Waals surface area (Å²) >= 11 is 7.59. The number of nitrogens with one attached hydrogen (secondary N) is 1. The van der Waals surface area contributed by atoms with Gasteiger partial charge in [-0.1, -0.05) is 41.5 Å². The van der Waals surface area contributed by atoms with E-state index >= 15 is 0 Å². The summed E-state index contributed by atoms with van der Waals surface area (Å²) in [5.41, 5.74) is 3.72. The Kier molecular flexibility index (Phi) is 5.94. The number of carbonyl (C=O) groups is 1. The van der Waals surface area contributed by atoms with E-state index < -0.39 is 0 Å². The summed E-state index contributed by atoms with van der Waals surface area (Å²) in [4.78, 5) is 20.8. The molecule has 1 saturated heterocycles. The zero-order valence-electron chi connectivity index (χ0n) is 17.3. The Labute approximate surface area is 190 Å². The quantitative estimate of drug-likeness (QED) is 0.394. The van der Waals surface area contributed by atoms with Gasteiger partial charge in [-0.25, -0.2) is 4.98 Å².